The van der Waals surface area contributed by atoms with Crippen molar-refractivity contribution in [1.82, 2.24) is 20.4 Å². The van der Waals surface area contributed by atoms with E-state index < -0.39 is 0 Å². The highest BCUT2D eigenvalue weighted by atomic mass is 16.1. The second kappa shape index (κ2) is 7.00. The molecule has 16 heavy (non-hydrogen) atoms. The van der Waals surface area contributed by atoms with Crippen molar-refractivity contribution in [3.8, 4) is 0 Å². The molecule has 0 aromatic carbocycles. The van der Waals surface area contributed by atoms with E-state index in [-0.39, 0.29) is 5.91 Å². The van der Waals surface area contributed by atoms with Crippen LogP contribution in [0.1, 0.15) is 30.6 Å². The van der Waals surface area contributed by atoms with E-state index in [9.17, 15) is 4.79 Å². The number of aromatic nitrogens is 2. The predicted octanol–water partition coefficient (Wildman–Crippen LogP) is 0.632. The van der Waals surface area contributed by atoms with Gasteiger partial charge < -0.3 is 10.6 Å². The van der Waals surface area contributed by atoms with Gasteiger partial charge in [0.1, 0.15) is 0 Å². The number of aryl methyl sites for hydroxylation is 1. The fraction of sp³-hybridized carbons (Fsp3) is 0.636. The Hall–Kier alpha value is -1.36. The molecular formula is C11H20N4O. The standard InChI is InChI=1S/C11H20N4O/c1-3-5-12-6-7-13-11(16)10-8-14-15(4-2)9-10/h8-9,12H,3-7H2,1-2H3,(H,13,16). The molecule has 1 aromatic heterocycles. The van der Waals surface area contributed by atoms with E-state index in [0.717, 1.165) is 26.1 Å². The molecule has 1 amide bonds. The Morgan fingerprint density at radius 2 is 2.19 bits per heavy atom. The van der Waals surface area contributed by atoms with Crippen LogP contribution in [-0.2, 0) is 6.54 Å². The summed E-state index contributed by atoms with van der Waals surface area (Å²) in [7, 11) is 0. The first-order valence-corrected chi connectivity index (χ1v) is 5.79. The summed E-state index contributed by atoms with van der Waals surface area (Å²) >= 11 is 0. The smallest absolute Gasteiger partial charge is 0.254 e. The lowest BCUT2D eigenvalue weighted by atomic mass is 10.3. The van der Waals surface area contributed by atoms with E-state index in [1.807, 2.05) is 6.92 Å². The van der Waals surface area contributed by atoms with E-state index in [1.54, 1.807) is 17.1 Å². The Morgan fingerprint density at radius 1 is 1.38 bits per heavy atom. The van der Waals surface area contributed by atoms with Gasteiger partial charge in [0.2, 0.25) is 0 Å². The fourth-order valence-corrected chi connectivity index (χ4v) is 1.32. The van der Waals surface area contributed by atoms with Crippen molar-refractivity contribution in [2.45, 2.75) is 26.8 Å². The normalized spacial score (nSPS) is 10.4. The summed E-state index contributed by atoms with van der Waals surface area (Å²) in [6, 6.07) is 0. The highest BCUT2D eigenvalue weighted by Crippen LogP contribution is 1.96. The Labute approximate surface area is 96.2 Å². The molecule has 0 fully saturated rings. The SMILES string of the molecule is CCCNCCNC(=O)c1cnn(CC)c1. The first-order chi connectivity index (χ1) is 7.77. The molecular weight excluding hydrogens is 204 g/mol. The summed E-state index contributed by atoms with van der Waals surface area (Å²) in [5, 5.41) is 10.1. The zero-order chi connectivity index (χ0) is 11.8. The van der Waals surface area contributed by atoms with Gasteiger partial charge in [-0.3, -0.25) is 9.48 Å². The van der Waals surface area contributed by atoms with Crippen molar-refractivity contribution in [3.63, 3.8) is 0 Å². The molecule has 5 nitrogen and oxygen atoms in total. The third-order valence-corrected chi connectivity index (χ3v) is 2.23. The highest BCUT2D eigenvalue weighted by molar-refractivity contribution is 5.93. The second-order valence-electron chi connectivity index (χ2n) is 3.59. The quantitative estimate of drug-likeness (QED) is 0.668. The molecule has 1 aromatic rings. The zero-order valence-electron chi connectivity index (χ0n) is 9.99. The monoisotopic (exact) mass is 224 g/mol. The Balaban J connectivity index is 2.24. The van der Waals surface area contributed by atoms with Gasteiger partial charge >= 0.3 is 0 Å². The van der Waals surface area contributed by atoms with Gasteiger partial charge in [0.15, 0.2) is 0 Å². The number of nitrogens with one attached hydrogen (secondary N) is 2. The minimum atomic E-state index is -0.0574. The second-order valence-corrected chi connectivity index (χ2v) is 3.59. The van der Waals surface area contributed by atoms with Gasteiger partial charge in [0, 0.05) is 25.8 Å². The van der Waals surface area contributed by atoms with E-state index in [2.05, 4.69) is 22.7 Å². The molecule has 0 aliphatic heterocycles. The van der Waals surface area contributed by atoms with Crippen LogP contribution >= 0.6 is 0 Å². The van der Waals surface area contributed by atoms with Crippen LogP contribution in [-0.4, -0.2) is 35.3 Å². The molecule has 1 heterocycles. The third-order valence-electron chi connectivity index (χ3n) is 2.23. The van der Waals surface area contributed by atoms with Gasteiger partial charge in [0.05, 0.1) is 11.8 Å². The summed E-state index contributed by atoms with van der Waals surface area (Å²) in [6.07, 6.45) is 4.46. The lowest BCUT2D eigenvalue weighted by molar-refractivity contribution is 0.0954. The summed E-state index contributed by atoms with van der Waals surface area (Å²) in [5.74, 6) is -0.0574. The molecule has 0 bridgehead atoms. The van der Waals surface area contributed by atoms with Crippen LogP contribution in [0.4, 0.5) is 0 Å². The average Bonchev–Trinajstić information content (AvgIpc) is 2.77. The molecule has 0 radical (unpaired) electrons. The van der Waals surface area contributed by atoms with Crippen LogP contribution in [0.2, 0.25) is 0 Å². The van der Waals surface area contributed by atoms with Crippen LogP contribution in [0, 0.1) is 0 Å². The lowest BCUT2D eigenvalue weighted by Gasteiger charge is -2.04. The maximum Gasteiger partial charge on any atom is 0.254 e. The van der Waals surface area contributed by atoms with E-state index >= 15 is 0 Å². The number of amides is 1. The molecule has 0 atom stereocenters. The molecule has 0 aliphatic rings. The Kier molecular flexibility index (Phi) is 5.56. The first kappa shape index (κ1) is 12.7. The molecule has 5 heteroatoms. The van der Waals surface area contributed by atoms with Crippen LogP contribution in [0.5, 0.6) is 0 Å². The minimum absolute atomic E-state index is 0.0574. The highest BCUT2D eigenvalue weighted by Gasteiger charge is 2.06. The van der Waals surface area contributed by atoms with E-state index in [0.29, 0.717) is 12.1 Å². The van der Waals surface area contributed by atoms with Crippen molar-refractivity contribution in [1.29, 1.82) is 0 Å². The zero-order valence-corrected chi connectivity index (χ0v) is 9.99. The summed E-state index contributed by atoms with van der Waals surface area (Å²) < 4.78 is 1.74. The minimum Gasteiger partial charge on any atom is -0.351 e. The lowest BCUT2D eigenvalue weighted by Crippen LogP contribution is -2.31. The predicted molar refractivity (Wildman–Crippen MR) is 63.4 cm³/mol. The van der Waals surface area contributed by atoms with Crippen molar-refractivity contribution < 1.29 is 4.79 Å². The van der Waals surface area contributed by atoms with Gasteiger partial charge in [-0.2, -0.15) is 5.10 Å². The summed E-state index contributed by atoms with van der Waals surface area (Å²) in [5.41, 5.74) is 0.623. The molecule has 0 aliphatic carbocycles. The fourth-order valence-electron chi connectivity index (χ4n) is 1.32. The van der Waals surface area contributed by atoms with Crippen molar-refractivity contribution in [2.75, 3.05) is 19.6 Å². The van der Waals surface area contributed by atoms with E-state index in [4.69, 9.17) is 0 Å². The van der Waals surface area contributed by atoms with Gasteiger partial charge in [-0.25, -0.2) is 0 Å². The molecule has 0 saturated carbocycles. The number of hydrogen-bond acceptors (Lipinski definition) is 3. The summed E-state index contributed by atoms with van der Waals surface area (Å²) in [6.45, 7) is 7.33. The van der Waals surface area contributed by atoms with Crippen LogP contribution in [0.15, 0.2) is 12.4 Å². The number of nitrogens with zero attached hydrogens (tertiary/aromatic N) is 2. The topological polar surface area (TPSA) is 58.9 Å². The summed E-state index contributed by atoms with van der Waals surface area (Å²) in [4.78, 5) is 11.6. The van der Waals surface area contributed by atoms with E-state index in [1.165, 1.54) is 0 Å². The molecule has 0 unspecified atom stereocenters. The average molecular weight is 224 g/mol. The largest absolute Gasteiger partial charge is 0.351 e. The van der Waals surface area contributed by atoms with Gasteiger partial charge in [-0.15, -0.1) is 0 Å². The van der Waals surface area contributed by atoms with Crippen LogP contribution in [0.3, 0.4) is 0 Å². The maximum atomic E-state index is 11.6. The third kappa shape index (κ3) is 4.02. The molecule has 1 rings (SSSR count). The number of carbonyl (C=O) groups excluding carboxylic acids is 1. The van der Waals surface area contributed by atoms with Crippen molar-refractivity contribution in [2.24, 2.45) is 0 Å². The number of rotatable bonds is 7. The van der Waals surface area contributed by atoms with Crippen LogP contribution < -0.4 is 10.6 Å². The first-order valence-electron chi connectivity index (χ1n) is 5.79. The van der Waals surface area contributed by atoms with Gasteiger partial charge in [0.25, 0.3) is 5.91 Å². The van der Waals surface area contributed by atoms with Crippen molar-refractivity contribution >= 4 is 5.91 Å². The van der Waals surface area contributed by atoms with Crippen molar-refractivity contribution in [3.05, 3.63) is 18.0 Å². The van der Waals surface area contributed by atoms with Gasteiger partial charge in [-0.1, -0.05) is 6.92 Å². The molecule has 0 spiro atoms. The Bertz CT molecular complexity index is 322. The Morgan fingerprint density at radius 3 is 2.81 bits per heavy atom. The number of hydrogen-bond donors (Lipinski definition) is 2. The molecule has 2 N–H and O–H groups in total. The molecule has 90 valence electrons. The van der Waals surface area contributed by atoms with Crippen LogP contribution in [0.25, 0.3) is 0 Å². The number of carbonyl (C=O) groups is 1. The van der Waals surface area contributed by atoms with Gasteiger partial charge in [-0.05, 0) is 19.9 Å². The molecule has 0 saturated heterocycles. The maximum absolute atomic E-state index is 11.6.